The molecule has 0 spiro atoms. The molecule has 0 aliphatic carbocycles. The zero-order valence-corrected chi connectivity index (χ0v) is 11.2. The van der Waals surface area contributed by atoms with Crippen molar-refractivity contribution in [3.05, 3.63) is 54.0 Å². The van der Waals surface area contributed by atoms with E-state index in [1.165, 1.54) is 12.1 Å². The summed E-state index contributed by atoms with van der Waals surface area (Å²) in [4.78, 5) is 4.21. The van der Waals surface area contributed by atoms with E-state index in [9.17, 15) is 13.2 Å². The summed E-state index contributed by atoms with van der Waals surface area (Å²) in [6.45, 7) is 0.0486. The highest BCUT2D eigenvalue weighted by Gasteiger charge is 2.30. The Morgan fingerprint density at radius 1 is 1.14 bits per heavy atom. The number of ether oxygens (including phenoxy) is 1. The predicted molar refractivity (Wildman–Crippen MR) is 73.2 cm³/mol. The lowest BCUT2D eigenvalue weighted by Gasteiger charge is -2.08. The van der Waals surface area contributed by atoms with Gasteiger partial charge in [0, 0.05) is 18.0 Å². The van der Waals surface area contributed by atoms with Gasteiger partial charge in [-0.15, -0.1) is 5.10 Å². The summed E-state index contributed by atoms with van der Waals surface area (Å²) in [5, 5.41) is 4.17. The molecule has 5 nitrogen and oxygen atoms in total. The number of pyridine rings is 1. The van der Waals surface area contributed by atoms with E-state index >= 15 is 0 Å². The van der Waals surface area contributed by atoms with Crippen LogP contribution in [-0.2, 0) is 12.8 Å². The lowest BCUT2D eigenvalue weighted by Crippen LogP contribution is -2.04. The van der Waals surface area contributed by atoms with Crippen LogP contribution in [0.2, 0.25) is 0 Å². The van der Waals surface area contributed by atoms with Gasteiger partial charge in [-0.2, -0.15) is 13.2 Å². The molecular formula is C14H11F3N4O. The molecule has 0 saturated carbocycles. The van der Waals surface area contributed by atoms with E-state index in [1.807, 2.05) is 0 Å². The maximum Gasteiger partial charge on any atom is 0.416 e. The second-order valence-corrected chi connectivity index (χ2v) is 4.60. The number of aromatic nitrogens is 3. The van der Waals surface area contributed by atoms with Crippen LogP contribution in [0.1, 0.15) is 11.4 Å². The number of nitrogen functional groups attached to an aromatic ring is 1. The molecule has 2 aromatic heterocycles. The summed E-state index contributed by atoms with van der Waals surface area (Å²) in [5.74, 6) is 0.719. The van der Waals surface area contributed by atoms with Gasteiger partial charge in [0.1, 0.15) is 12.4 Å². The number of nitrogens with two attached hydrogens (primary N) is 1. The van der Waals surface area contributed by atoms with Crippen molar-refractivity contribution < 1.29 is 17.9 Å². The SMILES string of the molecule is Nc1ccn2nc(COc3ccc(C(F)(F)F)cc3)nc2c1. The molecule has 3 aromatic rings. The average molecular weight is 308 g/mol. The smallest absolute Gasteiger partial charge is 0.416 e. The minimum Gasteiger partial charge on any atom is -0.486 e. The van der Waals surface area contributed by atoms with Gasteiger partial charge >= 0.3 is 6.18 Å². The Bertz CT molecular complexity index is 796. The van der Waals surface area contributed by atoms with E-state index in [-0.39, 0.29) is 6.61 Å². The molecule has 1 aromatic carbocycles. The minimum atomic E-state index is -4.36. The Balaban J connectivity index is 1.71. The molecular weight excluding hydrogens is 297 g/mol. The standard InChI is InChI=1S/C14H11F3N4O/c15-14(16,17)9-1-3-11(4-2-9)22-8-12-19-13-7-10(18)5-6-21(13)20-12/h1-7H,8,18H2. The molecule has 2 heterocycles. The van der Waals surface area contributed by atoms with Crippen LogP contribution in [-0.4, -0.2) is 14.6 Å². The Hall–Kier alpha value is -2.77. The van der Waals surface area contributed by atoms with E-state index in [0.29, 0.717) is 22.9 Å². The molecule has 114 valence electrons. The molecule has 0 bridgehead atoms. The first-order valence-corrected chi connectivity index (χ1v) is 6.33. The molecule has 0 saturated heterocycles. The van der Waals surface area contributed by atoms with Crippen molar-refractivity contribution in [3.8, 4) is 5.75 Å². The number of alkyl halides is 3. The fourth-order valence-electron chi connectivity index (χ4n) is 1.89. The number of halogens is 3. The van der Waals surface area contributed by atoms with Gasteiger partial charge in [0.25, 0.3) is 0 Å². The highest BCUT2D eigenvalue weighted by molar-refractivity contribution is 5.50. The number of hydrogen-bond acceptors (Lipinski definition) is 4. The molecule has 2 N–H and O–H groups in total. The summed E-state index contributed by atoms with van der Waals surface area (Å²) < 4.78 is 44.3. The first-order valence-electron chi connectivity index (χ1n) is 6.33. The third-order valence-electron chi connectivity index (χ3n) is 2.96. The molecule has 0 aliphatic heterocycles. The molecule has 0 aliphatic rings. The first kappa shape index (κ1) is 14.2. The molecule has 0 atom stereocenters. The van der Waals surface area contributed by atoms with Crippen molar-refractivity contribution in [2.45, 2.75) is 12.8 Å². The van der Waals surface area contributed by atoms with Crippen LogP contribution < -0.4 is 10.5 Å². The molecule has 0 unspecified atom stereocenters. The van der Waals surface area contributed by atoms with Gasteiger partial charge in [-0.1, -0.05) is 0 Å². The van der Waals surface area contributed by atoms with E-state index in [0.717, 1.165) is 12.1 Å². The third-order valence-corrected chi connectivity index (χ3v) is 2.96. The van der Waals surface area contributed by atoms with Crippen LogP contribution in [0, 0.1) is 0 Å². The Kier molecular flexibility index (Phi) is 3.36. The van der Waals surface area contributed by atoms with Crippen LogP contribution in [0.3, 0.4) is 0 Å². The number of benzene rings is 1. The number of hydrogen-bond donors (Lipinski definition) is 1. The normalized spacial score (nSPS) is 11.8. The molecule has 8 heteroatoms. The highest BCUT2D eigenvalue weighted by atomic mass is 19.4. The van der Waals surface area contributed by atoms with Crippen molar-refractivity contribution in [3.63, 3.8) is 0 Å². The topological polar surface area (TPSA) is 65.4 Å². The molecule has 22 heavy (non-hydrogen) atoms. The number of nitrogens with zero attached hydrogens (tertiary/aromatic N) is 3. The van der Waals surface area contributed by atoms with Gasteiger partial charge < -0.3 is 10.5 Å². The van der Waals surface area contributed by atoms with Crippen LogP contribution in [0.5, 0.6) is 5.75 Å². The summed E-state index contributed by atoms with van der Waals surface area (Å²) >= 11 is 0. The van der Waals surface area contributed by atoms with E-state index in [2.05, 4.69) is 10.1 Å². The zero-order chi connectivity index (χ0) is 15.7. The van der Waals surface area contributed by atoms with Gasteiger partial charge in [0.15, 0.2) is 11.5 Å². The maximum absolute atomic E-state index is 12.4. The van der Waals surface area contributed by atoms with Gasteiger partial charge in [-0.3, -0.25) is 0 Å². The first-order chi connectivity index (χ1) is 10.4. The molecule has 3 rings (SSSR count). The summed E-state index contributed by atoms with van der Waals surface area (Å²) in [6, 6.07) is 7.80. The van der Waals surface area contributed by atoms with Crippen molar-refractivity contribution in [1.29, 1.82) is 0 Å². The lowest BCUT2D eigenvalue weighted by molar-refractivity contribution is -0.137. The largest absolute Gasteiger partial charge is 0.486 e. The molecule has 0 fully saturated rings. The van der Waals surface area contributed by atoms with Crippen LogP contribution in [0.25, 0.3) is 5.65 Å². The summed E-state index contributed by atoms with van der Waals surface area (Å²) in [6.07, 6.45) is -2.69. The van der Waals surface area contributed by atoms with Crippen LogP contribution in [0.15, 0.2) is 42.6 Å². The summed E-state index contributed by atoms with van der Waals surface area (Å²) in [7, 11) is 0. The zero-order valence-electron chi connectivity index (χ0n) is 11.2. The second-order valence-electron chi connectivity index (χ2n) is 4.60. The fraction of sp³-hybridized carbons (Fsp3) is 0.143. The van der Waals surface area contributed by atoms with Crippen molar-refractivity contribution >= 4 is 11.3 Å². The van der Waals surface area contributed by atoms with E-state index < -0.39 is 11.7 Å². The Labute approximate surface area is 123 Å². The van der Waals surface area contributed by atoms with Gasteiger partial charge in [0.2, 0.25) is 0 Å². The quantitative estimate of drug-likeness (QED) is 0.808. The predicted octanol–water partition coefficient (Wildman–Crippen LogP) is 2.91. The van der Waals surface area contributed by atoms with Gasteiger partial charge in [0.05, 0.1) is 5.56 Å². The van der Waals surface area contributed by atoms with E-state index in [4.69, 9.17) is 10.5 Å². The van der Waals surface area contributed by atoms with Crippen molar-refractivity contribution in [2.75, 3.05) is 5.73 Å². The minimum absolute atomic E-state index is 0.0486. The Morgan fingerprint density at radius 2 is 1.86 bits per heavy atom. The number of anilines is 1. The monoisotopic (exact) mass is 308 g/mol. The third kappa shape index (κ3) is 2.95. The number of fused-ring (bicyclic) bond motifs is 1. The van der Waals surface area contributed by atoms with Gasteiger partial charge in [-0.25, -0.2) is 9.50 Å². The second kappa shape index (κ2) is 5.21. The maximum atomic E-state index is 12.4. The molecule has 0 amide bonds. The lowest BCUT2D eigenvalue weighted by atomic mass is 10.2. The Morgan fingerprint density at radius 3 is 2.55 bits per heavy atom. The van der Waals surface area contributed by atoms with Crippen LogP contribution >= 0.6 is 0 Å². The van der Waals surface area contributed by atoms with E-state index in [1.54, 1.807) is 22.8 Å². The highest BCUT2D eigenvalue weighted by Crippen LogP contribution is 2.30. The van der Waals surface area contributed by atoms with Crippen molar-refractivity contribution in [2.24, 2.45) is 0 Å². The average Bonchev–Trinajstić information content (AvgIpc) is 2.86. The molecule has 0 radical (unpaired) electrons. The van der Waals surface area contributed by atoms with Crippen LogP contribution in [0.4, 0.5) is 18.9 Å². The number of rotatable bonds is 3. The fourth-order valence-corrected chi connectivity index (χ4v) is 1.89. The summed E-state index contributed by atoms with van der Waals surface area (Å²) in [5.41, 5.74) is 6.06. The van der Waals surface area contributed by atoms with Crippen molar-refractivity contribution in [1.82, 2.24) is 14.6 Å². The van der Waals surface area contributed by atoms with Gasteiger partial charge in [-0.05, 0) is 30.3 Å².